The van der Waals surface area contributed by atoms with Gasteiger partial charge in [0.15, 0.2) is 0 Å². The summed E-state index contributed by atoms with van der Waals surface area (Å²) in [6.07, 6.45) is 7.96. The summed E-state index contributed by atoms with van der Waals surface area (Å²) in [5.74, 6) is 0.811. The number of fused-ring (bicyclic) bond motifs is 1. The van der Waals surface area contributed by atoms with E-state index in [9.17, 15) is 0 Å². The van der Waals surface area contributed by atoms with Gasteiger partial charge >= 0.3 is 6.08 Å². The van der Waals surface area contributed by atoms with Crippen LogP contribution in [0.2, 0.25) is 0 Å². The van der Waals surface area contributed by atoms with Crippen LogP contribution in [0.15, 0.2) is 28.9 Å². The summed E-state index contributed by atoms with van der Waals surface area (Å²) < 4.78 is 11.1. The van der Waals surface area contributed by atoms with Gasteiger partial charge in [0.25, 0.3) is 0 Å². The van der Waals surface area contributed by atoms with E-state index in [1.165, 1.54) is 30.4 Å². The lowest BCUT2D eigenvalue weighted by Crippen LogP contribution is -2.13. The molecular weight excluding hydrogens is 264 g/mol. The molecule has 0 bridgehead atoms. The highest BCUT2D eigenvalue weighted by Crippen LogP contribution is 2.28. The SMILES string of the molecule is CCCNCc1coc(Oc2ccc3c(c2)CCCC3)n1. The van der Waals surface area contributed by atoms with E-state index in [-0.39, 0.29) is 0 Å². The zero-order chi connectivity index (χ0) is 14.5. The number of rotatable bonds is 6. The maximum atomic E-state index is 5.73. The van der Waals surface area contributed by atoms with Crippen molar-refractivity contribution in [2.45, 2.75) is 45.6 Å². The highest BCUT2D eigenvalue weighted by molar-refractivity contribution is 5.37. The van der Waals surface area contributed by atoms with E-state index in [1.807, 2.05) is 6.07 Å². The Morgan fingerprint density at radius 3 is 2.95 bits per heavy atom. The summed E-state index contributed by atoms with van der Waals surface area (Å²) in [4.78, 5) is 4.34. The number of benzene rings is 1. The van der Waals surface area contributed by atoms with Crippen LogP contribution < -0.4 is 10.1 Å². The Morgan fingerprint density at radius 1 is 1.24 bits per heavy atom. The molecule has 1 aromatic carbocycles. The van der Waals surface area contributed by atoms with Gasteiger partial charge in [-0.3, -0.25) is 0 Å². The Kier molecular flexibility index (Phi) is 4.55. The molecule has 0 saturated heterocycles. The molecule has 112 valence electrons. The first-order valence-corrected chi connectivity index (χ1v) is 7.80. The molecule has 0 amide bonds. The second-order valence-corrected chi connectivity index (χ2v) is 5.52. The van der Waals surface area contributed by atoms with E-state index in [2.05, 4.69) is 29.4 Å². The van der Waals surface area contributed by atoms with E-state index in [0.29, 0.717) is 12.6 Å². The standard InChI is InChI=1S/C17H22N2O2/c1-2-9-18-11-15-12-20-17(19-15)21-16-8-7-13-5-3-4-6-14(13)10-16/h7-8,10,12,18H,2-6,9,11H2,1H3. The normalized spacial score (nSPS) is 14.0. The molecule has 0 radical (unpaired) electrons. The van der Waals surface area contributed by atoms with Crippen LogP contribution in [0.5, 0.6) is 11.8 Å². The van der Waals surface area contributed by atoms with Crippen molar-refractivity contribution in [1.29, 1.82) is 0 Å². The maximum Gasteiger partial charge on any atom is 0.399 e. The number of aromatic nitrogens is 1. The van der Waals surface area contributed by atoms with Gasteiger partial charge in [0, 0.05) is 6.54 Å². The van der Waals surface area contributed by atoms with Gasteiger partial charge in [-0.25, -0.2) is 0 Å². The van der Waals surface area contributed by atoms with Gasteiger partial charge in [-0.15, -0.1) is 0 Å². The summed E-state index contributed by atoms with van der Waals surface area (Å²) in [5.41, 5.74) is 3.72. The van der Waals surface area contributed by atoms with E-state index in [1.54, 1.807) is 6.26 Å². The number of oxazole rings is 1. The first-order valence-electron chi connectivity index (χ1n) is 7.80. The zero-order valence-electron chi connectivity index (χ0n) is 12.5. The summed E-state index contributed by atoms with van der Waals surface area (Å²) >= 11 is 0. The number of nitrogens with zero attached hydrogens (tertiary/aromatic N) is 1. The van der Waals surface area contributed by atoms with Crippen LogP contribution in [0.1, 0.15) is 43.0 Å². The first-order chi connectivity index (χ1) is 10.3. The highest BCUT2D eigenvalue weighted by Gasteiger charge is 2.12. The Morgan fingerprint density at radius 2 is 2.10 bits per heavy atom. The molecule has 3 rings (SSSR count). The molecular formula is C17H22N2O2. The minimum Gasteiger partial charge on any atom is -0.417 e. The summed E-state index contributed by atoms with van der Waals surface area (Å²) in [7, 11) is 0. The highest BCUT2D eigenvalue weighted by atomic mass is 16.6. The van der Waals surface area contributed by atoms with Gasteiger partial charge in [-0.1, -0.05) is 13.0 Å². The molecule has 1 aliphatic rings. The smallest absolute Gasteiger partial charge is 0.399 e. The van der Waals surface area contributed by atoms with Gasteiger partial charge in [0.05, 0.1) is 5.69 Å². The van der Waals surface area contributed by atoms with Crippen molar-refractivity contribution < 1.29 is 9.15 Å². The second kappa shape index (κ2) is 6.76. The Balaban J connectivity index is 1.63. The van der Waals surface area contributed by atoms with Gasteiger partial charge in [0.1, 0.15) is 12.0 Å². The van der Waals surface area contributed by atoms with Crippen LogP contribution in [-0.4, -0.2) is 11.5 Å². The molecule has 0 unspecified atom stereocenters. The topological polar surface area (TPSA) is 47.3 Å². The van der Waals surface area contributed by atoms with Crippen LogP contribution in [0.25, 0.3) is 0 Å². The zero-order valence-corrected chi connectivity index (χ0v) is 12.5. The number of hydrogen-bond donors (Lipinski definition) is 1. The molecule has 1 heterocycles. The molecule has 0 atom stereocenters. The molecule has 0 spiro atoms. The number of nitrogens with one attached hydrogen (secondary N) is 1. The predicted octanol–water partition coefficient (Wildman–Crippen LogP) is 3.85. The minimum absolute atomic E-state index is 0.319. The third-order valence-corrected chi connectivity index (χ3v) is 3.79. The van der Waals surface area contributed by atoms with Gasteiger partial charge in [-0.2, -0.15) is 4.98 Å². The lowest BCUT2D eigenvalue weighted by atomic mass is 9.92. The van der Waals surface area contributed by atoms with Crippen LogP contribution in [0, 0.1) is 0 Å². The van der Waals surface area contributed by atoms with Crippen molar-refractivity contribution in [3.05, 3.63) is 41.3 Å². The van der Waals surface area contributed by atoms with E-state index in [0.717, 1.165) is 30.8 Å². The lowest BCUT2D eigenvalue weighted by molar-refractivity contribution is 0.330. The molecule has 1 aliphatic carbocycles. The van der Waals surface area contributed by atoms with E-state index in [4.69, 9.17) is 9.15 Å². The molecule has 4 heteroatoms. The van der Waals surface area contributed by atoms with Crippen molar-refractivity contribution in [2.24, 2.45) is 0 Å². The quantitative estimate of drug-likeness (QED) is 0.819. The van der Waals surface area contributed by atoms with Gasteiger partial charge < -0.3 is 14.5 Å². The fraction of sp³-hybridized carbons (Fsp3) is 0.471. The van der Waals surface area contributed by atoms with Crippen LogP contribution in [0.4, 0.5) is 0 Å². The van der Waals surface area contributed by atoms with Crippen molar-refractivity contribution in [1.82, 2.24) is 10.3 Å². The molecule has 0 fully saturated rings. The third kappa shape index (κ3) is 3.64. The van der Waals surface area contributed by atoms with E-state index < -0.39 is 0 Å². The minimum atomic E-state index is 0.319. The average Bonchev–Trinajstić information content (AvgIpc) is 2.95. The summed E-state index contributed by atoms with van der Waals surface area (Å²) in [5, 5.41) is 3.29. The van der Waals surface area contributed by atoms with Gasteiger partial charge in [-0.05, 0) is 61.9 Å². The Labute approximate surface area is 125 Å². The van der Waals surface area contributed by atoms with Crippen molar-refractivity contribution in [2.75, 3.05) is 6.54 Å². The average molecular weight is 286 g/mol. The summed E-state index contributed by atoms with van der Waals surface area (Å²) in [6.45, 7) is 3.83. The number of hydrogen-bond acceptors (Lipinski definition) is 4. The van der Waals surface area contributed by atoms with Crippen LogP contribution in [-0.2, 0) is 19.4 Å². The molecule has 2 aromatic rings. The Hall–Kier alpha value is -1.81. The fourth-order valence-corrected chi connectivity index (χ4v) is 2.68. The molecule has 0 aliphatic heterocycles. The molecule has 1 N–H and O–H groups in total. The first kappa shape index (κ1) is 14.1. The van der Waals surface area contributed by atoms with Gasteiger partial charge in [0.2, 0.25) is 0 Å². The van der Waals surface area contributed by atoms with Crippen LogP contribution >= 0.6 is 0 Å². The van der Waals surface area contributed by atoms with Crippen molar-refractivity contribution in [3.63, 3.8) is 0 Å². The van der Waals surface area contributed by atoms with Crippen LogP contribution in [0.3, 0.4) is 0 Å². The van der Waals surface area contributed by atoms with Crippen molar-refractivity contribution >= 4 is 0 Å². The Bertz CT molecular complexity index is 592. The lowest BCUT2D eigenvalue weighted by Gasteiger charge is -2.15. The maximum absolute atomic E-state index is 5.73. The molecule has 0 saturated carbocycles. The fourth-order valence-electron chi connectivity index (χ4n) is 2.68. The second-order valence-electron chi connectivity index (χ2n) is 5.52. The molecule has 4 nitrogen and oxygen atoms in total. The third-order valence-electron chi connectivity index (χ3n) is 3.79. The largest absolute Gasteiger partial charge is 0.417 e. The summed E-state index contributed by atoms with van der Waals surface area (Å²) in [6, 6.07) is 6.29. The molecule has 21 heavy (non-hydrogen) atoms. The monoisotopic (exact) mass is 286 g/mol. The number of aryl methyl sites for hydroxylation is 2. The number of ether oxygens (including phenoxy) is 1. The van der Waals surface area contributed by atoms with Crippen molar-refractivity contribution in [3.8, 4) is 11.8 Å². The molecule has 1 aromatic heterocycles. The van der Waals surface area contributed by atoms with E-state index >= 15 is 0 Å². The predicted molar refractivity (Wildman–Crippen MR) is 81.7 cm³/mol.